The molecular weight excluding hydrogens is 498 g/mol. The van der Waals surface area contributed by atoms with Crippen molar-refractivity contribution >= 4 is 51.0 Å². The number of nitrogens with one attached hydrogen (secondary N) is 3. The van der Waals surface area contributed by atoms with E-state index in [1.54, 1.807) is 36.4 Å². The number of anilines is 4. The zero-order chi connectivity index (χ0) is 26.0. The van der Waals surface area contributed by atoms with Gasteiger partial charge in [0, 0.05) is 17.6 Å². The molecule has 11 nitrogen and oxygen atoms in total. The molecule has 0 aliphatic carbocycles. The maximum absolute atomic E-state index is 15.1. The van der Waals surface area contributed by atoms with E-state index in [-0.39, 0.29) is 24.7 Å². The zero-order valence-corrected chi connectivity index (χ0v) is 18.8. The summed E-state index contributed by atoms with van der Waals surface area (Å²) >= 11 is 0. The molecule has 0 saturated carbocycles. The van der Waals surface area contributed by atoms with E-state index in [9.17, 15) is 18.0 Å². The number of rotatable bonds is 8. The summed E-state index contributed by atoms with van der Waals surface area (Å²) in [7, 11) is 0. The lowest BCUT2D eigenvalue weighted by atomic mass is 10.2. The number of aromatic nitrogens is 7. The minimum absolute atomic E-state index is 0.0340. The molecule has 190 valence electrons. The predicted molar refractivity (Wildman–Crippen MR) is 124 cm³/mol. The van der Waals surface area contributed by atoms with Gasteiger partial charge in [-0.1, -0.05) is 6.07 Å². The van der Waals surface area contributed by atoms with Crippen LogP contribution in [0.5, 0.6) is 0 Å². The first-order valence-corrected chi connectivity index (χ1v) is 10.8. The molecule has 0 radical (unpaired) electrons. The van der Waals surface area contributed by atoms with Crippen LogP contribution in [0.2, 0.25) is 0 Å². The molecule has 0 aliphatic heterocycles. The number of alkyl halides is 3. The summed E-state index contributed by atoms with van der Waals surface area (Å²) in [6.45, 7) is -0.570. The van der Waals surface area contributed by atoms with Crippen LogP contribution in [0.25, 0.3) is 21.9 Å². The molecule has 0 bridgehead atoms. The summed E-state index contributed by atoms with van der Waals surface area (Å²) in [5, 5.41) is 20.9. The van der Waals surface area contributed by atoms with Crippen LogP contribution in [-0.2, 0) is 9.53 Å². The molecule has 0 unspecified atom stereocenters. The first-order chi connectivity index (χ1) is 17.8. The highest BCUT2D eigenvalue weighted by molar-refractivity contribution is 5.93. The summed E-state index contributed by atoms with van der Waals surface area (Å²) in [4.78, 5) is 20.8. The molecule has 3 aromatic heterocycles. The number of carbonyl (C=O) groups is 1. The van der Waals surface area contributed by atoms with Crippen LogP contribution >= 0.6 is 0 Å². The molecule has 15 heteroatoms. The highest BCUT2D eigenvalue weighted by Gasteiger charge is 2.40. The van der Waals surface area contributed by atoms with E-state index >= 15 is 4.39 Å². The van der Waals surface area contributed by atoms with Gasteiger partial charge in [-0.2, -0.15) is 38.7 Å². The number of aromatic amines is 2. The van der Waals surface area contributed by atoms with Crippen LogP contribution in [0.4, 0.5) is 40.7 Å². The number of hydrogen-bond donors (Lipinski definition) is 3. The summed E-state index contributed by atoms with van der Waals surface area (Å²) in [5.74, 6) is -3.15. The quantitative estimate of drug-likeness (QED) is 0.158. The van der Waals surface area contributed by atoms with Crippen molar-refractivity contribution < 1.29 is 27.1 Å². The Hall–Kier alpha value is -4.82. The third-order valence-electron chi connectivity index (χ3n) is 5.30. The van der Waals surface area contributed by atoms with Crippen molar-refractivity contribution in [2.75, 3.05) is 23.4 Å². The molecule has 5 rings (SSSR count). The first-order valence-electron chi connectivity index (χ1n) is 10.8. The standard InChI is InChI=1S/C22H17F4N9O2/c23-14-11-27-21(29-12-5-6-16-17(9-12)33-34-32-16)30-19(14)35(7-2-8-37-20(36)22(24,25)26)18-4-1-3-15-13(18)10-28-31-15/h1,3-6,9-11H,2,7-8H2,(H,28,31)(H,27,29,30)(H,32,33,34). The molecule has 0 saturated heterocycles. The molecule has 2 aromatic carbocycles. The van der Waals surface area contributed by atoms with Crippen LogP contribution in [0.1, 0.15) is 6.42 Å². The summed E-state index contributed by atoms with van der Waals surface area (Å²) in [6, 6.07) is 10.3. The summed E-state index contributed by atoms with van der Waals surface area (Å²) in [5.41, 5.74) is 2.95. The van der Waals surface area contributed by atoms with Crippen LogP contribution in [-0.4, -0.2) is 60.9 Å². The topological polar surface area (TPSA) is 138 Å². The van der Waals surface area contributed by atoms with Gasteiger partial charge in [0.1, 0.15) is 11.0 Å². The fraction of sp³-hybridized carbons (Fsp3) is 0.182. The molecule has 0 amide bonds. The second-order valence-electron chi connectivity index (χ2n) is 7.76. The molecule has 0 fully saturated rings. The Labute approximate surface area is 204 Å². The highest BCUT2D eigenvalue weighted by Crippen LogP contribution is 2.33. The Morgan fingerprint density at radius 2 is 1.95 bits per heavy atom. The van der Waals surface area contributed by atoms with Crippen molar-refractivity contribution in [3.8, 4) is 0 Å². The Bertz CT molecular complexity index is 1570. The van der Waals surface area contributed by atoms with E-state index in [1.807, 2.05) is 0 Å². The highest BCUT2D eigenvalue weighted by atomic mass is 19.4. The van der Waals surface area contributed by atoms with Crippen molar-refractivity contribution in [3.05, 3.63) is 54.6 Å². The average Bonchev–Trinajstić information content (AvgIpc) is 3.54. The molecule has 3 N–H and O–H groups in total. The predicted octanol–water partition coefficient (Wildman–Crippen LogP) is 4.14. The van der Waals surface area contributed by atoms with Gasteiger partial charge in [0.15, 0.2) is 11.6 Å². The molecule has 5 aromatic rings. The summed E-state index contributed by atoms with van der Waals surface area (Å²) < 4.78 is 56.8. The third-order valence-corrected chi connectivity index (χ3v) is 5.30. The number of halogens is 4. The number of carbonyl (C=O) groups excluding carboxylic acids is 1. The fourth-order valence-corrected chi connectivity index (χ4v) is 3.65. The summed E-state index contributed by atoms with van der Waals surface area (Å²) in [6.07, 6.45) is -2.64. The van der Waals surface area contributed by atoms with Crippen molar-refractivity contribution in [1.82, 2.24) is 35.6 Å². The van der Waals surface area contributed by atoms with Crippen LogP contribution in [0.15, 0.2) is 48.8 Å². The van der Waals surface area contributed by atoms with Crippen molar-refractivity contribution in [2.24, 2.45) is 0 Å². The van der Waals surface area contributed by atoms with Gasteiger partial charge in [0.25, 0.3) is 0 Å². The van der Waals surface area contributed by atoms with Gasteiger partial charge in [-0.3, -0.25) is 5.10 Å². The lowest BCUT2D eigenvalue weighted by Gasteiger charge is -2.25. The second-order valence-corrected chi connectivity index (χ2v) is 7.76. The lowest BCUT2D eigenvalue weighted by molar-refractivity contribution is -0.199. The van der Waals surface area contributed by atoms with E-state index in [4.69, 9.17) is 0 Å². The number of fused-ring (bicyclic) bond motifs is 2. The Balaban J connectivity index is 1.44. The van der Waals surface area contributed by atoms with E-state index in [1.165, 1.54) is 11.1 Å². The average molecular weight is 515 g/mol. The maximum Gasteiger partial charge on any atom is 0.490 e. The van der Waals surface area contributed by atoms with Gasteiger partial charge in [0.05, 0.1) is 30.2 Å². The molecule has 0 atom stereocenters. The van der Waals surface area contributed by atoms with E-state index in [2.05, 4.69) is 45.6 Å². The number of nitrogens with zero attached hydrogens (tertiary/aromatic N) is 6. The minimum atomic E-state index is -5.10. The van der Waals surface area contributed by atoms with Gasteiger partial charge in [-0.05, 0) is 36.8 Å². The fourth-order valence-electron chi connectivity index (χ4n) is 3.65. The van der Waals surface area contributed by atoms with Gasteiger partial charge in [-0.15, -0.1) is 0 Å². The van der Waals surface area contributed by atoms with E-state index in [0.29, 0.717) is 33.3 Å². The molecule has 0 aliphatic rings. The number of hydrogen-bond acceptors (Lipinski definition) is 9. The number of H-pyrrole nitrogens is 2. The van der Waals surface area contributed by atoms with E-state index < -0.39 is 24.6 Å². The minimum Gasteiger partial charge on any atom is -0.459 e. The molecule has 37 heavy (non-hydrogen) atoms. The van der Waals surface area contributed by atoms with Gasteiger partial charge in [-0.25, -0.2) is 14.2 Å². The van der Waals surface area contributed by atoms with Crippen LogP contribution in [0, 0.1) is 5.82 Å². The Kier molecular flexibility index (Phi) is 6.25. The second kappa shape index (κ2) is 9.67. The largest absolute Gasteiger partial charge is 0.490 e. The molecule has 3 heterocycles. The van der Waals surface area contributed by atoms with Crippen molar-refractivity contribution in [2.45, 2.75) is 12.6 Å². The van der Waals surface area contributed by atoms with E-state index in [0.717, 1.165) is 6.20 Å². The number of esters is 1. The number of benzene rings is 2. The maximum atomic E-state index is 15.1. The van der Waals surface area contributed by atoms with Gasteiger partial charge in [0.2, 0.25) is 5.95 Å². The monoisotopic (exact) mass is 515 g/mol. The van der Waals surface area contributed by atoms with Crippen LogP contribution in [0.3, 0.4) is 0 Å². The number of ether oxygens (including phenoxy) is 1. The smallest absolute Gasteiger partial charge is 0.459 e. The Morgan fingerprint density at radius 3 is 2.78 bits per heavy atom. The van der Waals surface area contributed by atoms with Crippen molar-refractivity contribution in [1.29, 1.82) is 0 Å². The van der Waals surface area contributed by atoms with Gasteiger partial charge < -0.3 is 15.0 Å². The zero-order valence-electron chi connectivity index (χ0n) is 18.8. The third kappa shape index (κ3) is 5.10. The van der Waals surface area contributed by atoms with Crippen LogP contribution < -0.4 is 10.2 Å². The Morgan fingerprint density at radius 1 is 1.11 bits per heavy atom. The molecular formula is C22H17F4N9O2. The molecule has 0 spiro atoms. The van der Waals surface area contributed by atoms with Gasteiger partial charge >= 0.3 is 12.1 Å². The first kappa shape index (κ1) is 23.9. The van der Waals surface area contributed by atoms with Crippen molar-refractivity contribution in [3.63, 3.8) is 0 Å². The SMILES string of the molecule is O=C(OCCCN(c1nc(Nc2ccc3n[nH]nc3c2)ncc1F)c1cccc2[nH]ncc12)C(F)(F)F. The normalized spacial score (nSPS) is 11.7. The lowest BCUT2D eigenvalue weighted by Crippen LogP contribution is -2.27.